The number of amidine groups is 1. The number of likely N-dealkylation sites (N-methyl/N-ethyl adjacent to an activating group) is 1. The summed E-state index contributed by atoms with van der Waals surface area (Å²) in [7, 11) is 3.17. The average Bonchev–Trinajstić information content (AvgIpc) is 3.77. The Kier molecular flexibility index (Phi) is 9.36. The molecular weight excluding hydrogens is 529 g/mol. The molecule has 1 unspecified atom stereocenters. The van der Waals surface area contributed by atoms with Crippen molar-refractivity contribution < 1.29 is 28.2 Å². The first-order valence-corrected chi connectivity index (χ1v) is 14.3. The minimum absolute atomic E-state index is 0.0276. The van der Waals surface area contributed by atoms with Crippen LogP contribution < -0.4 is 5.32 Å². The minimum Gasteiger partial charge on any atom is -0.444 e. The van der Waals surface area contributed by atoms with E-state index in [9.17, 15) is 18.8 Å². The van der Waals surface area contributed by atoms with E-state index in [1.807, 2.05) is 32.6 Å². The van der Waals surface area contributed by atoms with Crippen molar-refractivity contribution in [3.63, 3.8) is 0 Å². The largest absolute Gasteiger partial charge is 0.444 e. The van der Waals surface area contributed by atoms with E-state index in [1.54, 1.807) is 31.3 Å². The van der Waals surface area contributed by atoms with Crippen LogP contribution in [-0.2, 0) is 14.3 Å². The lowest BCUT2D eigenvalue weighted by Gasteiger charge is -2.39. The summed E-state index contributed by atoms with van der Waals surface area (Å²) >= 11 is 0. The van der Waals surface area contributed by atoms with Crippen LogP contribution in [0, 0.1) is 5.82 Å². The number of benzene rings is 1. The molecule has 11 heteroatoms. The number of likely N-dealkylation sites (tertiary alicyclic amines) is 1. The Hall–Kier alpha value is -3.47. The molecule has 224 valence electrons. The van der Waals surface area contributed by atoms with E-state index >= 15 is 0 Å². The highest BCUT2D eigenvalue weighted by atomic mass is 19.1. The van der Waals surface area contributed by atoms with Gasteiger partial charge in [-0.1, -0.05) is 6.07 Å². The number of methoxy groups -OCH3 is 1. The van der Waals surface area contributed by atoms with E-state index < -0.39 is 17.3 Å². The van der Waals surface area contributed by atoms with Gasteiger partial charge in [-0.25, -0.2) is 9.18 Å². The molecule has 0 aromatic heterocycles. The third-order valence-electron chi connectivity index (χ3n) is 7.50. The van der Waals surface area contributed by atoms with Crippen LogP contribution in [0.3, 0.4) is 0 Å². The first-order valence-electron chi connectivity index (χ1n) is 14.3. The molecule has 2 aliphatic heterocycles. The quantitative estimate of drug-likeness (QED) is 0.512. The molecule has 1 aliphatic carbocycles. The third kappa shape index (κ3) is 7.63. The Labute approximate surface area is 241 Å². The molecule has 0 spiro atoms. The Morgan fingerprint density at radius 2 is 1.78 bits per heavy atom. The smallest absolute Gasteiger partial charge is 0.410 e. The van der Waals surface area contributed by atoms with Crippen LogP contribution >= 0.6 is 0 Å². The summed E-state index contributed by atoms with van der Waals surface area (Å²) in [5.41, 5.74) is 0.453. The summed E-state index contributed by atoms with van der Waals surface area (Å²) in [6, 6.07) is 4.63. The molecule has 1 saturated carbocycles. The minimum atomic E-state index is -0.641. The average molecular weight is 572 g/mol. The fourth-order valence-electron chi connectivity index (χ4n) is 5.10. The summed E-state index contributed by atoms with van der Waals surface area (Å²) in [6.45, 7) is 8.98. The molecule has 0 radical (unpaired) electrons. The third-order valence-corrected chi connectivity index (χ3v) is 7.50. The van der Waals surface area contributed by atoms with Crippen molar-refractivity contribution in [3.8, 4) is 0 Å². The molecular formula is C30H42FN5O5. The number of nitrogens with one attached hydrogen (secondary N) is 1. The van der Waals surface area contributed by atoms with Gasteiger partial charge in [-0.3, -0.25) is 14.6 Å². The van der Waals surface area contributed by atoms with Crippen LogP contribution in [0.1, 0.15) is 69.3 Å². The molecule has 41 heavy (non-hydrogen) atoms. The number of ether oxygens (including phenoxy) is 2. The highest BCUT2D eigenvalue weighted by molar-refractivity contribution is 6.04. The van der Waals surface area contributed by atoms with Gasteiger partial charge in [0, 0.05) is 57.6 Å². The van der Waals surface area contributed by atoms with Crippen LogP contribution in [-0.4, -0.2) is 103 Å². The number of hydrogen-bond donors (Lipinski definition) is 1. The van der Waals surface area contributed by atoms with Crippen molar-refractivity contribution >= 4 is 23.7 Å². The maximum absolute atomic E-state index is 14.9. The molecule has 1 saturated heterocycles. The standard InChI is InChI=1S/C30H42FN5O5/c1-19(40-6)18-34(5)28(38)24-10-7-20(15-25(24)31)26-32-16-21(17-33-26)27(37)36(22-8-9-22)23-11-13-35(14-12-23)29(39)41-30(2,3)4/h7,10,15-16,19,22-23H,8-9,11-14,17-18H2,1-6H3,(H,32,33). The predicted octanol–water partition coefficient (Wildman–Crippen LogP) is 3.56. The molecule has 10 nitrogen and oxygen atoms in total. The molecule has 3 amide bonds. The van der Waals surface area contributed by atoms with Crippen molar-refractivity contribution in [2.24, 2.45) is 4.99 Å². The number of aliphatic imine (C=N–C) groups is 1. The number of nitrogens with zero attached hydrogens (tertiary/aromatic N) is 4. The highest BCUT2D eigenvalue weighted by Gasteiger charge is 2.40. The predicted molar refractivity (Wildman–Crippen MR) is 153 cm³/mol. The van der Waals surface area contributed by atoms with Gasteiger partial charge in [0.25, 0.3) is 11.8 Å². The second-order valence-electron chi connectivity index (χ2n) is 12.0. The number of piperidine rings is 1. The fraction of sp³-hybridized carbons (Fsp3) is 0.600. The summed E-state index contributed by atoms with van der Waals surface area (Å²) in [6.07, 6.45) is 4.49. The molecule has 2 fully saturated rings. The van der Waals surface area contributed by atoms with Crippen molar-refractivity contribution in [2.45, 2.75) is 77.2 Å². The van der Waals surface area contributed by atoms with Gasteiger partial charge in [0.15, 0.2) is 0 Å². The molecule has 0 bridgehead atoms. The fourth-order valence-corrected chi connectivity index (χ4v) is 5.10. The summed E-state index contributed by atoms with van der Waals surface area (Å²) in [5.74, 6) is -0.692. The molecule has 3 aliphatic rings. The number of halogens is 1. The zero-order valence-electron chi connectivity index (χ0n) is 24.9. The second-order valence-corrected chi connectivity index (χ2v) is 12.0. The second kappa shape index (κ2) is 12.6. The normalized spacial score (nSPS) is 18.6. The Bertz CT molecular complexity index is 1210. The number of carbonyl (C=O) groups excluding carboxylic acids is 3. The zero-order chi connectivity index (χ0) is 29.9. The molecule has 1 aromatic rings. The van der Waals surface area contributed by atoms with Gasteiger partial charge in [0.05, 0.1) is 23.8 Å². The number of carbonyl (C=O) groups is 3. The van der Waals surface area contributed by atoms with Crippen LogP contribution in [0.4, 0.5) is 9.18 Å². The van der Waals surface area contributed by atoms with Gasteiger partial charge in [0.1, 0.15) is 17.3 Å². The van der Waals surface area contributed by atoms with Gasteiger partial charge in [-0.15, -0.1) is 0 Å². The first kappa shape index (κ1) is 30.5. The number of amides is 3. The van der Waals surface area contributed by atoms with E-state index in [0.29, 0.717) is 49.4 Å². The van der Waals surface area contributed by atoms with E-state index in [-0.39, 0.29) is 42.3 Å². The lowest BCUT2D eigenvalue weighted by molar-refractivity contribution is -0.131. The van der Waals surface area contributed by atoms with Crippen molar-refractivity contribution in [2.75, 3.05) is 40.3 Å². The van der Waals surface area contributed by atoms with Crippen LogP contribution in [0.2, 0.25) is 0 Å². The number of hydrogen-bond acceptors (Lipinski definition) is 7. The van der Waals surface area contributed by atoms with Crippen LogP contribution in [0.25, 0.3) is 0 Å². The van der Waals surface area contributed by atoms with Crippen molar-refractivity contribution in [1.82, 2.24) is 20.0 Å². The summed E-state index contributed by atoms with van der Waals surface area (Å²) < 4.78 is 25.6. The van der Waals surface area contributed by atoms with E-state index in [4.69, 9.17) is 9.47 Å². The van der Waals surface area contributed by atoms with Crippen LogP contribution in [0.15, 0.2) is 35.0 Å². The zero-order valence-corrected chi connectivity index (χ0v) is 24.9. The molecule has 1 aromatic carbocycles. The van der Waals surface area contributed by atoms with Gasteiger partial charge in [0.2, 0.25) is 0 Å². The highest BCUT2D eigenvalue weighted by Crippen LogP contribution is 2.33. The first-order chi connectivity index (χ1) is 19.4. The van der Waals surface area contributed by atoms with Crippen molar-refractivity contribution in [1.29, 1.82) is 0 Å². The van der Waals surface area contributed by atoms with Gasteiger partial charge < -0.3 is 29.5 Å². The van der Waals surface area contributed by atoms with E-state index in [0.717, 1.165) is 12.8 Å². The molecule has 4 rings (SSSR count). The van der Waals surface area contributed by atoms with Crippen molar-refractivity contribution in [3.05, 3.63) is 46.9 Å². The SMILES string of the molecule is COC(C)CN(C)C(=O)c1ccc(C2=NCC(C(=O)N(C3CC3)C3CCN(C(=O)OC(C)(C)C)CC3)=CN2)cc1F. The number of rotatable bonds is 8. The molecule has 1 N–H and O–H groups in total. The van der Waals surface area contributed by atoms with Crippen LogP contribution in [0.5, 0.6) is 0 Å². The topological polar surface area (TPSA) is 104 Å². The lowest BCUT2D eigenvalue weighted by atomic mass is 10.0. The maximum Gasteiger partial charge on any atom is 0.410 e. The van der Waals surface area contributed by atoms with E-state index in [1.165, 1.54) is 17.0 Å². The van der Waals surface area contributed by atoms with Gasteiger partial charge in [-0.2, -0.15) is 0 Å². The lowest BCUT2D eigenvalue weighted by Crippen LogP contribution is -2.51. The Morgan fingerprint density at radius 1 is 1.12 bits per heavy atom. The maximum atomic E-state index is 14.9. The molecule has 2 heterocycles. The monoisotopic (exact) mass is 571 g/mol. The van der Waals surface area contributed by atoms with Gasteiger partial charge in [-0.05, 0) is 65.5 Å². The van der Waals surface area contributed by atoms with E-state index in [2.05, 4.69) is 10.3 Å². The Balaban J connectivity index is 1.36. The summed E-state index contributed by atoms with van der Waals surface area (Å²) in [4.78, 5) is 48.4. The Morgan fingerprint density at radius 3 is 2.32 bits per heavy atom. The molecule has 1 atom stereocenters. The summed E-state index contributed by atoms with van der Waals surface area (Å²) in [5, 5.41) is 3.05. The van der Waals surface area contributed by atoms with Gasteiger partial charge >= 0.3 is 6.09 Å².